The number of hydrogen-bond donors (Lipinski definition) is 3. The fourth-order valence-corrected chi connectivity index (χ4v) is 3.82. The number of carboxylic acid groups (broad SMARTS) is 1. The molecule has 7 heteroatoms. The van der Waals surface area contributed by atoms with Crippen LogP contribution in [0.3, 0.4) is 0 Å². The number of nitrogen functional groups attached to an aromatic ring is 1. The second-order valence-corrected chi connectivity index (χ2v) is 6.88. The molecule has 0 spiro atoms. The number of carbonyl (C=O) groups is 1. The predicted molar refractivity (Wildman–Crippen MR) is 98.3 cm³/mol. The van der Waals surface area contributed by atoms with E-state index in [4.69, 9.17) is 16.2 Å². The molecule has 1 aromatic rings. The molecular formula is C18H27N5O2. The first-order valence-corrected chi connectivity index (χ1v) is 8.90. The van der Waals surface area contributed by atoms with Gasteiger partial charge in [-0.05, 0) is 37.1 Å². The highest BCUT2D eigenvalue weighted by molar-refractivity contribution is 5.95. The Labute approximate surface area is 148 Å². The predicted octanol–water partition coefficient (Wildman–Crippen LogP) is 0.642. The minimum atomic E-state index is -0.738. The lowest BCUT2D eigenvalue weighted by Gasteiger charge is -2.43. The van der Waals surface area contributed by atoms with E-state index >= 15 is 0 Å². The average Bonchev–Trinajstić information content (AvgIpc) is 2.62. The average molecular weight is 345 g/mol. The number of anilines is 1. The lowest BCUT2D eigenvalue weighted by atomic mass is 10.0. The highest BCUT2D eigenvalue weighted by Gasteiger charge is 2.28. The first-order chi connectivity index (χ1) is 12.0. The number of nitrogens with two attached hydrogens (primary N) is 1. The third-order valence-electron chi connectivity index (χ3n) is 5.29. The van der Waals surface area contributed by atoms with Crippen LogP contribution in [0.15, 0.2) is 24.3 Å². The highest BCUT2D eigenvalue weighted by atomic mass is 16.4. The summed E-state index contributed by atoms with van der Waals surface area (Å²) in [5, 5.41) is 16.4. The monoisotopic (exact) mass is 345 g/mol. The molecule has 2 heterocycles. The second-order valence-electron chi connectivity index (χ2n) is 6.88. The fraction of sp³-hybridized carbons (Fsp3) is 0.556. The van der Waals surface area contributed by atoms with Crippen LogP contribution in [0.1, 0.15) is 18.4 Å². The summed E-state index contributed by atoms with van der Waals surface area (Å²) >= 11 is 0. The zero-order valence-electron chi connectivity index (χ0n) is 14.5. The Bertz CT molecular complexity index is 602. The Morgan fingerprint density at radius 1 is 1.08 bits per heavy atom. The molecule has 0 radical (unpaired) electrons. The summed E-state index contributed by atoms with van der Waals surface area (Å²) in [7, 11) is 0. The van der Waals surface area contributed by atoms with Gasteiger partial charge in [0.05, 0.1) is 6.54 Å². The van der Waals surface area contributed by atoms with Crippen LogP contribution in [0, 0.1) is 5.41 Å². The van der Waals surface area contributed by atoms with Gasteiger partial charge in [0.25, 0.3) is 0 Å². The number of nitrogens with one attached hydrogen (secondary N) is 1. The number of aliphatic carboxylic acids is 1. The molecule has 0 unspecified atom stereocenters. The van der Waals surface area contributed by atoms with Crippen LogP contribution in [0.5, 0.6) is 0 Å². The van der Waals surface area contributed by atoms with Crippen LogP contribution in [0.2, 0.25) is 0 Å². The van der Waals surface area contributed by atoms with Crippen molar-refractivity contribution in [3.63, 3.8) is 0 Å². The summed E-state index contributed by atoms with van der Waals surface area (Å²) < 4.78 is 0. The van der Waals surface area contributed by atoms with E-state index in [1.807, 2.05) is 29.2 Å². The Balaban J connectivity index is 1.47. The van der Waals surface area contributed by atoms with Crippen LogP contribution in [0.25, 0.3) is 0 Å². The van der Waals surface area contributed by atoms with Gasteiger partial charge in [-0.3, -0.25) is 20.0 Å². The maximum absolute atomic E-state index is 10.8. The quantitative estimate of drug-likeness (QED) is 0.535. The van der Waals surface area contributed by atoms with Gasteiger partial charge in [-0.1, -0.05) is 0 Å². The van der Waals surface area contributed by atoms with Crippen molar-refractivity contribution in [3.8, 4) is 0 Å². The van der Waals surface area contributed by atoms with Crippen molar-refractivity contribution < 1.29 is 9.90 Å². The number of rotatable bonds is 5. The molecule has 1 aromatic carbocycles. The first-order valence-electron chi connectivity index (χ1n) is 8.90. The van der Waals surface area contributed by atoms with Crippen molar-refractivity contribution in [1.29, 1.82) is 5.41 Å². The van der Waals surface area contributed by atoms with E-state index in [-0.39, 0.29) is 12.4 Å². The van der Waals surface area contributed by atoms with E-state index in [1.165, 1.54) is 5.69 Å². The molecule has 0 atom stereocenters. The first kappa shape index (κ1) is 17.7. The van der Waals surface area contributed by atoms with Gasteiger partial charge in [0.2, 0.25) is 0 Å². The molecule has 3 rings (SSSR count). The largest absolute Gasteiger partial charge is 0.480 e. The Morgan fingerprint density at radius 2 is 1.68 bits per heavy atom. The van der Waals surface area contributed by atoms with Gasteiger partial charge in [0.1, 0.15) is 5.84 Å². The van der Waals surface area contributed by atoms with E-state index in [2.05, 4.69) is 9.80 Å². The number of piperazine rings is 1. The summed E-state index contributed by atoms with van der Waals surface area (Å²) in [6.07, 6.45) is 2.26. The summed E-state index contributed by atoms with van der Waals surface area (Å²) in [6.45, 7) is 5.83. The molecule has 2 aliphatic rings. The van der Waals surface area contributed by atoms with Crippen LogP contribution >= 0.6 is 0 Å². The molecule has 25 heavy (non-hydrogen) atoms. The topological polar surface area (TPSA) is 96.9 Å². The lowest BCUT2D eigenvalue weighted by Crippen LogP contribution is -2.53. The minimum absolute atomic E-state index is 0.104. The highest BCUT2D eigenvalue weighted by Crippen LogP contribution is 2.23. The number of amidine groups is 1. The van der Waals surface area contributed by atoms with Crippen molar-refractivity contribution in [2.24, 2.45) is 5.73 Å². The van der Waals surface area contributed by atoms with Gasteiger partial charge < -0.3 is 15.7 Å². The number of piperidine rings is 1. The molecule has 2 fully saturated rings. The van der Waals surface area contributed by atoms with Gasteiger partial charge in [0, 0.05) is 56.6 Å². The number of hydrogen-bond acceptors (Lipinski definition) is 5. The Hall–Kier alpha value is -2.12. The molecule has 2 aliphatic heterocycles. The van der Waals surface area contributed by atoms with Gasteiger partial charge in [-0.25, -0.2) is 0 Å². The van der Waals surface area contributed by atoms with Gasteiger partial charge in [-0.2, -0.15) is 0 Å². The molecule has 0 aliphatic carbocycles. The van der Waals surface area contributed by atoms with Crippen molar-refractivity contribution in [2.75, 3.05) is 50.7 Å². The normalized spacial score (nSPS) is 20.6. The number of nitrogens with zero attached hydrogens (tertiary/aromatic N) is 3. The zero-order valence-corrected chi connectivity index (χ0v) is 14.5. The molecule has 7 nitrogen and oxygen atoms in total. The van der Waals surface area contributed by atoms with Gasteiger partial charge in [-0.15, -0.1) is 0 Å². The Kier molecular flexibility index (Phi) is 5.55. The molecule has 136 valence electrons. The minimum Gasteiger partial charge on any atom is -0.480 e. The second kappa shape index (κ2) is 7.84. The van der Waals surface area contributed by atoms with Crippen molar-refractivity contribution in [1.82, 2.24) is 9.80 Å². The smallest absolute Gasteiger partial charge is 0.317 e. The van der Waals surface area contributed by atoms with Crippen LogP contribution < -0.4 is 10.6 Å². The van der Waals surface area contributed by atoms with Crippen LogP contribution in [0.4, 0.5) is 5.69 Å². The van der Waals surface area contributed by atoms with E-state index in [0.717, 1.165) is 57.7 Å². The van der Waals surface area contributed by atoms with Gasteiger partial charge >= 0.3 is 5.97 Å². The van der Waals surface area contributed by atoms with E-state index < -0.39 is 5.97 Å². The summed E-state index contributed by atoms with van der Waals surface area (Å²) in [5.41, 5.74) is 7.46. The summed E-state index contributed by atoms with van der Waals surface area (Å²) in [5.74, 6) is -0.634. The molecule has 0 aromatic heterocycles. The molecular weight excluding hydrogens is 318 g/mol. The standard InChI is InChI=1S/C18H27N5O2/c19-18(20)14-1-3-15(4-2-14)22-7-5-16(6-8-22)23-11-9-21(10-12-23)13-17(24)25/h1-4,16H,5-13H2,(H3,19,20)(H,24,25). The van der Waals surface area contributed by atoms with E-state index in [1.54, 1.807) is 0 Å². The molecule has 0 bridgehead atoms. The third kappa shape index (κ3) is 4.49. The SMILES string of the molecule is N=C(N)c1ccc(N2CCC(N3CCN(CC(=O)O)CC3)CC2)cc1. The lowest BCUT2D eigenvalue weighted by molar-refractivity contribution is -0.138. The maximum atomic E-state index is 10.8. The van der Waals surface area contributed by atoms with Gasteiger partial charge in [0.15, 0.2) is 0 Å². The molecule has 0 amide bonds. The maximum Gasteiger partial charge on any atom is 0.317 e. The van der Waals surface area contributed by atoms with Crippen molar-refractivity contribution in [3.05, 3.63) is 29.8 Å². The number of carboxylic acids is 1. The van der Waals surface area contributed by atoms with E-state index in [0.29, 0.717) is 6.04 Å². The summed E-state index contributed by atoms with van der Waals surface area (Å²) in [4.78, 5) is 17.7. The molecule has 2 saturated heterocycles. The van der Waals surface area contributed by atoms with Crippen LogP contribution in [-0.2, 0) is 4.79 Å². The Morgan fingerprint density at radius 3 is 2.20 bits per heavy atom. The molecule has 0 saturated carbocycles. The van der Waals surface area contributed by atoms with E-state index in [9.17, 15) is 4.79 Å². The van der Waals surface area contributed by atoms with Crippen molar-refractivity contribution in [2.45, 2.75) is 18.9 Å². The van der Waals surface area contributed by atoms with Crippen LogP contribution in [-0.4, -0.2) is 78.6 Å². The number of benzene rings is 1. The van der Waals surface area contributed by atoms with Crippen molar-refractivity contribution >= 4 is 17.5 Å². The molecule has 4 N–H and O–H groups in total. The zero-order chi connectivity index (χ0) is 17.8. The third-order valence-corrected chi connectivity index (χ3v) is 5.29. The fourth-order valence-electron chi connectivity index (χ4n) is 3.82. The summed E-state index contributed by atoms with van der Waals surface area (Å²) in [6, 6.07) is 8.50.